The Morgan fingerprint density at radius 3 is 2.67 bits per heavy atom. The third-order valence-corrected chi connectivity index (χ3v) is 3.26. The van der Waals surface area contributed by atoms with Crippen molar-refractivity contribution in [3.8, 4) is 0 Å². The summed E-state index contributed by atoms with van der Waals surface area (Å²) in [6.45, 7) is 4.15. The first-order valence-electron chi connectivity index (χ1n) is 6.90. The fourth-order valence-electron chi connectivity index (χ4n) is 2.06. The fourth-order valence-corrected chi connectivity index (χ4v) is 2.06. The third kappa shape index (κ3) is 4.39. The number of carbonyl (C=O) groups is 1. The SMILES string of the molecule is Cc1cccc([C@@H](C)NCC(=O)Nc2ccccc2F)c1. The van der Waals surface area contributed by atoms with Crippen molar-refractivity contribution in [2.24, 2.45) is 0 Å². The maximum absolute atomic E-state index is 13.4. The summed E-state index contributed by atoms with van der Waals surface area (Å²) in [7, 11) is 0. The van der Waals surface area contributed by atoms with Gasteiger partial charge < -0.3 is 10.6 Å². The van der Waals surface area contributed by atoms with Crippen molar-refractivity contribution in [3.63, 3.8) is 0 Å². The Bertz CT molecular complexity index is 628. The van der Waals surface area contributed by atoms with Crippen LogP contribution in [0.4, 0.5) is 10.1 Å². The summed E-state index contributed by atoms with van der Waals surface area (Å²) >= 11 is 0. The van der Waals surface area contributed by atoms with Crippen molar-refractivity contribution in [1.82, 2.24) is 5.32 Å². The zero-order valence-corrected chi connectivity index (χ0v) is 12.2. The molecule has 2 rings (SSSR count). The van der Waals surface area contributed by atoms with Gasteiger partial charge in [0.1, 0.15) is 5.82 Å². The van der Waals surface area contributed by atoms with Gasteiger partial charge in [-0.25, -0.2) is 4.39 Å². The van der Waals surface area contributed by atoms with Gasteiger partial charge >= 0.3 is 0 Å². The van der Waals surface area contributed by atoms with Gasteiger partial charge in [0.2, 0.25) is 5.91 Å². The van der Waals surface area contributed by atoms with Gasteiger partial charge in [0, 0.05) is 6.04 Å². The van der Waals surface area contributed by atoms with Crippen LogP contribution in [0, 0.1) is 12.7 Å². The van der Waals surface area contributed by atoms with Crippen LogP contribution in [0.3, 0.4) is 0 Å². The van der Waals surface area contributed by atoms with Crippen LogP contribution in [0.25, 0.3) is 0 Å². The van der Waals surface area contributed by atoms with Crippen LogP contribution in [0.2, 0.25) is 0 Å². The molecule has 0 bridgehead atoms. The monoisotopic (exact) mass is 286 g/mol. The molecule has 0 spiro atoms. The van der Waals surface area contributed by atoms with Crippen LogP contribution >= 0.6 is 0 Å². The number of anilines is 1. The van der Waals surface area contributed by atoms with E-state index >= 15 is 0 Å². The molecule has 1 amide bonds. The van der Waals surface area contributed by atoms with Gasteiger partial charge in [-0.1, -0.05) is 42.0 Å². The molecule has 0 aliphatic heterocycles. The van der Waals surface area contributed by atoms with Gasteiger partial charge in [0.25, 0.3) is 0 Å². The summed E-state index contributed by atoms with van der Waals surface area (Å²) in [6, 6.07) is 14.3. The molecule has 110 valence electrons. The van der Waals surface area contributed by atoms with E-state index in [1.807, 2.05) is 32.0 Å². The smallest absolute Gasteiger partial charge is 0.238 e. The quantitative estimate of drug-likeness (QED) is 0.884. The molecule has 0 fully saturated rings. The molecule has 0 saturated carbocycles. The van der Waals surface area contributed by atoms with Crippen molar-refractivity contribution in [2.75, 3.05) is 11.9 Å². The first-order valence-corrected chi connectivity index (χ1v) is 6.90. The summed E-state index contributed by atoms with van der Waals surface area (Å²) in [6.07, 6.45) is 0. The number of nitrogens with one attached hydrogen (secondary N) is 2. The first kappa shape index (κ1) is 15.2. The number of hydrogen-bond donors (Lipinski definition) is 2. The molecule has 0 radical (unpaired) electrons. The second kappa shape index (κ2) is 6.99. The summed E-state index contributed by atoms with van der Waals surface area (Å²) < 4.78 is 13.4. The van der Waals surface area contributed by atoms with Gasteiger partial charge in [-0.3, -0.25) is 4.79 Å². The number of carbonyl (C=O) groups excluding carboxylic acids is 1. The molecule has 0 aliphatic carbocycles. The molecule has 3 nitrogen and oxygen atoms in total. The average Bonchev–Trinajstić information content (AvgIpc) is 2.47. The summed E-state index contributed by atoms with van der Waals surface area (Å²) in [4.78, 5) is 11.8. The van der Waals surface area contributed by atoms with Crippen LogP contribution in [0.1, 0.15) is 24.1 Å². The molecule has 0 saturated heterocycles. The second-order valence-electron chi connectivity index (χ2n) is 5.04. The Kier molecular flexibility index (Phi) is 5.06. The third-order valence-electron chi connectivity index (χ3n) is 3.26. The van der Waals surface area contributed by atoms with E-state index in [1.54, 1.807) is 12.1 Å². The Morgan fingerprint density at radius 2 is 1.95 bits per heavy atom. The minimum atomic E-state index is -0.433. The van der Waals surface area contributed by atoms with Crippen LogP contribution < -0.4 is 10.6 Å². The minimum Gasteiger partial charge on any atom is -0.322 e. The number of rotatable bonds is 5. The normalized spacial score (nSPS) is 12.0. The highest BCUT2D eigenvalue weighted by molar-refractivity contribution is 5.92. The second-order valence-corrected chi connectivity index (χ2v) is 5.04. The van der Waals surface area contributed by atoms with E-state index in [0.29, 0.717) is 0 Å². The van der Waals surface area contributed by atoms with Crippen molar-refractivity contribution in [2.45, 2.75) is 19.9 Å². The maximum Gasteiger partial charge on any atom is 0.238 e. The zero-order chi connectivity index (χ0) is 15.2. The molecule has 2 aromatic carbocycles. The Hall–Kier alpha value is -2.20. The van der Waals surface area contributed by atoms with E-state index < -0.39 is 5.82 Å². The zero-order valence-electron chi connectivity index (χ0n) is 12.2. The lowest BCUT2D eigenvalue weighted by molar-refractivity contribution is -0.115. The first-order chi connectivity index (χ1) is 10.1. The Balaban J connectivity index is 1.88. The number of hydrogen-bond acceptors (Lipinski definition) is 2. The number of halogens is 1. The fraction of sp³-hybridized carbons (Fsp3) is 0.235. The van der Waals surface area contributed by atoms with E-state index in [0.717, 1.165) is 5.56 Å². The molecule has 0 aromatic heterocycles. The summed E-state index contributed by atoms with van der Waals surface area (Å²) in [5.74, 6) is -0.697. The maximum atomic E-state index is 13.4. The van der Waals surface area contributed by atoms with Gasteiger partial charge in [0.15, 0.2) is 0 Å². The van der Waals surface area contributed by atoms with E-state index in [9.17, 15) is 9.18 Å². The summed E-state index contributed by atoms with van der Waals surface area (Å²) in [5.41, 5.74) is 2.50. The van der Waals surface area contributed by atoms with E-state index in [-0.39, 0.29) is 24.2 Å². The highest BCUT2D eigenvalue weighted by Gasteiger charge is 2.09. The van der Waals surface area contributed by atoms with E-state index in [2.05, 4.69) is 16.7 Å². The lowest BCUT2D eigenvalue weighted by atomic mass is 10.1. The summed E-state index contributed by atoms with van der Waals surface area (Å²) in [5, 5.41) is 5.68. The molecular formula is C17H19FN2O. The molecule has 0 heterocycles. The Morgan fingerprint density at radius 1 is 1.19 bits per heavy atom. The lowest BCUT2D eigenvalue weighted by Crippen LogP contribution is -2.30. The predicted molar refractivity (Wildman–Crippen MR) is 82.6 cm³/mol. The van der Waals surface area contributed by atoms with Gasteiger partial charge in [-0.2, -0.15) is 0 Å². The van der Waals surface area contributed by atoms with Crippen LogP contribution in [-0.2, 0) is 4.79 Å². The molecule has 0 unspecified atom stereocenters. The van der Waals surface area contributed by atoms with Crippen molar-refractivity contribution >= 4 is 11.6 Å². The lowest BCUT2D eigenvalue weighted by Gasteiger charge is -2.15. The highest BCUT2D eigenvalue weighted by Crippen LogP contribution is 2.14. The molecule has 0 aliphatic rings. The molecule has 21 heavy (non-hydrogen) atoms. The number of para-hydroxylation sites is 1. The van der Waals surface area contributed by atoms with Crippen molar-refractivity contribution in [1.29, 1.82) is 0 Å². The number of aryl methyl sites for hydroxylation is 1. The molecule has 1 atom stereocenters. The van der Waals surface area contributed by atoms with Crippen LogP contribution in [-0.4, -0.2) is 12.5 Å². The number of benzene rings is 2. The highest BCUT2D eigenvalue weighted by atomic mass is 19.1. The van der Waals surface area contributed by atoms with Gasteiger partial charge in [-0.05, 0) is 31.5 Å². The standard InChI is InChI=1S/C17H19FN2O/c1-12-6-5-7-14(10-12)13(2)19-11-17(21)20-16-9-4-3-8-15(16)18/h3-10,13,19H,11H2,1-2H3,(H,20,21)/t13-/m1/s1. The van der Waals surface area contributed by atoms with Gasteiger partial charge in [-0.15, -0.1) is 0 Å². The topological polar surface area (TPSA) is 41.1 Å². The van der Waals surface area contributed by atoms with Crippen LogP contribution in [0.15, 0.2) is 48.5 Å². The van der Waals surface area contributed by atoms with Gasteiger partial charge in [0.05, 0.1) is 12.2 Å². The van der Waals surface area contributed by atoms with Crippen molar-refractivity contribution in [3.05, 3.63) is 65.5 Å². The number of amides is 1. The molecule has 2 N–H and O–H groups in total. The van der Waals surface area contributed by atoms with Crippen LogP contribution in [0.5, 0.6) is 0 Å². The largest absolute Gasteiger partial charge is 0.322 e. The van der Waals surface area contributed by atoms with Crippen molar-refractivity contribution < 1.29 is 9.18 Å². The average molecular weight is 286 g/mol. The predicted octanol–water partition coefficient (Wildman–Crippen LogP) is 3.42. The minimum absolute atomic E-state index is 0.0521. The molecular weight excluding hydrogens is 267 g/mol. The van der Waals surface area contributed by atoms with E-state index in [4.69, 9.17) is 0 Å². The molecule has 2 aromatic rings. The Labute approximate surface area is 124 Å². The van der Waals surface area contributed by atoms with E-state index in [1.165, 1.54) is 17.7 Å². The molecule has 4 heteroatoms.